The van der Waals surface area contributed by atoms with E-state index in [-0.39, 0.29) is 12.2 Å². The zero-order chi connectivity index (χ0) is 23.5. The van der Waals surface area contributed by atoms with Gasteiger partial charge in [0.1, 0.15) is 6.04 Å². The van der Waals surface area contributed by atoms with E-state index >= 15 is 0 Å². The van der Waals surface area contributed by atoms with Crippen LogP contribution in [-0.4, -0.2) is 61.6 Å². The van der Waals surface area contributed by atoms with E-state index in [2.05, 4.69) is 13.0 Å². The van der Waals surface area contributed by atoms with Gasteiger partial charge in [0.15, 0.2) is 0 Å². The van der Waals surface area contributed by atoms with Gasteiger partial charge in [-0.3, -0.25) is 9.59 Å². The van der Waals surface area contributed by atoms with Crippen LogP contribution in [0.15, 0.2) is 36.5 Å². The summed E-state index contributed by atoms with van der Waals surface area (Å²) >= 11 is 1.23. The maximum atomic E-state index is 10.9. The molecule has 0 aliphatic heterocycles. The van der Waals surface area contributed by atoms with Gasteiger partial charge in [-0.1, -0.05) is 56.2 Å². The molecule has 0 aliphatic rings. The van der Waals surface area contributed by atoms with Gasteiger partial charge in [-0.05, 0) is 38.5 Å². The molecule has 0 unspecified atom stereocenters. The average Bonchev–Trinajstić information content (AvgIpc) is 2.71. The predicted octanol–water partition coefficient (Wildman–Crippen LogP) is 3.51. The summed E-state index contributed by atoms with van der Waals surface area (Å²) in [6.45, 7) is 2.17. The molecule has 7 nitrogen and oxygen atoms in total. The number of nitrogens with two attached hydrogens (primary N) is 1. The molecule has 6 N–H and O–H groups in total. The summed E-state index contributed by atoms with van der Waals surface area (Å²) < 4.78 is 0. The maximum Gasteiger partial charge on any atom is 0.321 e. The van der Waals surface area contributed by atoms with E-state index in [9.17, 15) is 19.8 Å². The van der Waals surface area contributed by atoms with Crippen molar-refractivity contribution in [1.29, 1.82) is 0 Å². The number of unbranched alkanes of at least 4 members (excludes halogenated alkanes) is 3. The Hall–Kier alpha value is -1.61. The Morgan fingerprint density at radius 1 is 1.00 bits per heavy atom. The van der Waals surface area contributed by atoms with Crippen molar-refractivity contribution in [2.45, 2.75) is 88.2 Å². The van der Waals surface area contributed by atoms with E-state index in [1.54, 1.807) is 18.2 Å². The molecule has 0 spiro atoms. The Balaban J connectivity index is 4.53. The Labute approximate surface area is 190 Å². The summed E-state index contributed by atoms with van der Waals surface area (Å²) in [5.74, 6) is -1.89. The van der Waals surface area contributed by atoms with Crippen LogP contribution in [0.4, 0.5) is 0 Å². The molecule has 0 aromatic heterocycles. The van der Waals surface area contributed by atoms with Gasteiger partial charge in [-0.25, -0.2) is 0 Å². The highest BCUT2D eigenvalue weighted by Crippen LogP contribution is 2.21. The Kier molecular flexibility index (Phi) is 18.1. The van der Waals surface area contributed by atoms with Crippen LogP contribution < -0.4 is 5.73 Å². The normalized spacial score (nSPS) is 16.1. The van der Waals surface area contributed by atoms with Crippen molar-refractivity contribution in [2.75, 3.05) is 5.75 Å². The predicted molar refractivity (Wildman–Crippen MR) is 126 cm³/mol. The summed E-state index contributed by atoms with van der Waals surface area (Å²) in [6.07, 6.45) is 16.3. The molecule has 0 radical (unpaired) electrons. The second kappa shape index (κ2) is 19.1. The number of aliphatic hydroxyl groups is 2. The third kappa shape index (κ3) is 17.7. The highest BCUT2D eigenvalue weighted by molar-refractivity contribution is 8.00. The molecule has 178 valence electrons. The molecule has 31 heavy (non-hydrogen) atoms. The lowest BCUT2D eigenvalue weighted by Crippen LogP contribution is -2.34. The third-order valence-electron chi connectivity index (χ3n) is 4.56. The molecular weight excluding hydrogens is 418 g/mol. The standard InChI is InChI=1S/C23H39NO6S/c1-2-3-4-5-6-8-12-18(25)13-9-7-10-15-21(31-17-19(24)23(29)30)20(26)14-11-16-22(27)28/h6-10,15,18-21,25-26H,2-5,11-14,16-17,24H2,1H3,(H,27,28)(H,29,30)/b8-6-,9-7+,15-10+/t18-,19+,20+,21-/m1/s1. The van der Waals surface area contributed by atoms with Gasteiger partial charge in [0, 0.05) is 17.4 Å². The van der Waals surface area contributed by atoms with Crippen molar-refractivity contribution < 1.29 is 30.0 Å². The first-order valence-corrected chi connectivity index (χ1v) is 12.0. The van der Waals surface area contributed by atoms with Crippen molar-refractivity contribution in [1.82, 2.24) is 0 Å². The molecular formula is C23H39NO6S. The summed E-state index contributed by atoms with van der Waals surface area (Å²) in [4.78, 5) is 21.6. The van der Waals surface area contributed by atoms with E-state index in [0.29, 0.717) is 25.7 Å². The molecule has 0 amide bonds. The zero-order valence-corrected chi connectivity index (χ0v) is 19.3. The van der Waals surface area contributed by atoms with Crippen molar-refractivity contribution in [2.24, 2.45) is 5.73 Å². The molecule has 0 saturated heterocycles. The van der Waals surface area contributed by atoms with Crippen molar-refractivity contribution in [3.05, 3.63) is 36.5 Å². The minimum Gasteiger partial charge on any atom is -0.481 e. The largest absolute Gasteiger partial charge is 0.481 e. The molecule has 0 bridgehead atoms. The Bertz CT molecular complexity index is 578. The van der Waals surface area contributed by atoms with Crippen LogP contribution >= 0.6 is 11.8 Å². The van der Waals surface area contributed by atoms with E-state index < -0.39 is 35.4 Å². The molecule has 0 aliphatic carbocycles. The molecule has 0 saturated carbocycles. The molecule has 0 aromatic rings. The molecule has 0 heterocycles. The van der Waals surface area contributed by atoms with Gasteiger partial charge in [0.05, 0.1) is 12.2 Å². The van der Waals surface area contributed by atoms with Gasteiger partial charge < -0.3 is 26.2 Å². The number of carboxylic acid groups (broad SMARTS) is 2. The van der Waals surface area contributed by atoms with Crippen LogP contribution in [-0.2, 0) is 9.59 Å². The van der Waals surface area contributed by atoms with Gasteiger partial charge in [-0.2, -0.15) is 0 Å². The summed E-state index contributed by atoms with van der Waals surface area (Å²) in [5.41, 5.74) is 5.54. The van der Waals surface area contributed by atoms with Crippen molar-refractivity contribution in [3.8, 4) is 0 Å². The first kappa shape index (κ1) is 29.4. The van der Waals surface area contributed by atoms with Gasteiger partial charge in [-0.15, -0.1) is 11.8 Å². The first-order chi connectivity index (χ1) is 14.8. The molecule has 0 fully saturated rings. The number of allylic oxidation sites excluding steroid dienone is 3. The highest BCUT2D eigenvalue weighted by atomic mass is 32.2. The van der Waals surface area contributed by atoms with Gasteiger partial charge in [0.25, 0.3) is 0 Å². The number of rotatable bonds is 19. The second-order valence-corrected chi connectivity index (χ2v) is 8.71. The molecule has 4 atom stereocenters. The smallest absolute Gasteiger partial charge is 0.321 e. The Morgan fingerprint density at radius 2 is 1.71 bits per heavy atom. The van der Waals surface area contributed by atoms with Crippen LogP contribution in [0, 0.1) is 0 Å². The van der Waals surface area contributed by atoms with Crippen LogP contribution in [0.5, 0.6) is 0 Å². The quantitative estimate of drug-likeness (QED) is 0.113. The number of aliphatic carboxylic acids is 2. The minimum absolute atomic E-state index is 0.0301. The summed E-state index contributed by atoms with van der Waals surface area (Å²) in [6, 6.07) is -1.03. The van der Waals surface area contributed by atoms with Gasteiger partial charge in [0.2, 0.25) is 0 Å². The number of hydrogen-bond donors (Lipinski definition) is 5. The fourth-order valence-corrected chi connectivity index (χ4v) is 3.81. The van der Waals surface area contributed by atoms with E-state index in [1.165, 1.54) is 31.0 Å². The molecule has 8 heteroatoms. The number of hydrogen-bond acceptors (Lipinski definition) is 6. The number of thioether (sulfide) groups is 1. The van der Waals surface area contributed by atoms with Crippen molar-refractivity contribution >= 4 is 23.7 Å². The van der Waals surface area contributed by atoms with Crippen LogP contribution in [0.2, 0.25) is 0 Å². The fraction of sp³-hybridized carbons (Fsp3) is 0.652. The van der Waals surface area contributed by atoms with Crippen LogP contribution in [0.3, 0.4) is 0 Å². The van der Waals surface area contributed by atoms with Crippen molar-refractivity contribution in [3.63, 3.8) is 0 Å². The molecule has 0 rings (SSSR count). The lowest BCUT2D eigenvalue weighted by atomic mass is 10.1. The lowest BCUT2D eigenvalue weighted by molar-refractivity contribution is -0.138. The average molecular weight is 458 g/mol. The SMILES string of the molecule is CCCCC/C=C\C[C@@H](O)C/C=C/C=C/[C@@H](SC[C@H](N)C(=O)O)[C@@H](O)CCCC(=O)O. The van der Waals surface area contributed by atoms with Crippen LogP contribution in [0.1, 0.15) is 64.7 Å². The Morgan fingerprint density at radius 3 is 2.35 bits per heavy atom. The van der Waals surface area contributed by atoms with Crippen LogP contribution in [0.25, 0.3) is 0 Å². The zero-order valence-electron chi connectivity index (χ0n) is 18.4. The minimum atomic E-state index is -1.11. The molecule has 0 aromatic carbocycles. The second-order valence-electron chi connectivity index (χ2n) is 7.50. The third-order valence-corrected chi connectivity index (χ3v) is 5.97. The van der Waals surface area contributed by atoms with E-state index in [4.69, 9.17) is 15.9 Å². The summed E-state index contributed by atoms with van der Waals surface area (Å²) in [7, 11) is 0. The van der Waals surface area contributed by atoms with E-state index in [0.717, 1.165) is 6.42 Å². The highest BCUT2D eigenvalue weighted by Gasteiger charge is 2.20. The summed E-state index contributed by atoms with van der Waals surface area (Å²) in [5, 5.41) is 37.6. The number of carbonyl (C=O) groups is 2. The van der Waals surface area contributed by atoms with E-state index in [1.807, 2.05) is 12.2 Å². The lowest BCUT2D eigenvalue weighted by Gasteiger charge is -2.20. The topological polar surface area (TPSA) is 141 Å². The monoisotopic (exact) mass is 457 g/mol. The maximum absolute atomic E-state index is 10.9. The van der Waals surface area contributed by atoms with Gasteiger partial charge >= 0.3 is 11.9 Å². The number of carboxylic acids is 2. The number of aliphatic hydroxyl groups excluding tert-OH is 2. The fourth-order valence-electron chi connectivity index (χ4n) is 2.68. The first-order valence-electron chi connectivity index (χ1n) is 10.9.